The fourth-order valence-corrected chi connectivity index (χ4v) is 14.3. The van der Waals surface area contributed by atoms with Gasteiger partial charge in [0.2, 0.25) is 0 Å². The minimum absolute atomic E-state index is 0.179. The molecule has 5 atom stereocenters. The number of nitrogens with zero attached hydrogens (tertiary/aromatic N) is 1. The molecule has 1 fully saturated rings. The van der Waals surface area contributed by atoms with E-state index < -0.39 is 26.4 Å². The van der Waals surface area contributed by atoms with Crippen molar-refractivity contribution in [2.75, 3.05) is 31.1 Å². The molecule has 1 unspecified atom stereocenters. The molecule has 1 saturated carbocycles. The van der Waals surface area contributed by atoms with E-state index in [-0.39, 0.29) is 34.0 Å². The lowest BCUT2D eigenvalue weighted by atomic mass is 9.68. The summed E-state index contributed by atoms with van der Waals surface area (Å²) in [5.41, 5.74) is 6.87. The first-order chi connectivity index (χ1) is 25.8. The van der Waals surface area contributed by atoms with Gasteiger partial charge in [-0.25, -0.2) is 4.79 Å². The molecule has 0 bridgehead atoms. The van der Waals surface area contributed by atoms with Crippen molar-refractivity contribution in [1.82, 2.24) is 0 Å². The summed E-state index contributed by atoms with van der Waals surface area (Å²) in [6, 6.07) is 32.9. The summed E-state index contributed by atoms with van der Waals surface area (Å²) in [5.74, 6) is -0.234. The Hall–Kier alpha value is -3.92. The van der Waals surface area contributed by atoms with Crippen molar-refractivity contribution < 1.29 is 24.2 Å². The van der Waals surface area contributed by atoms with Crippen molar-refractivity contribution in [3.05, 3.63) is 131 Å². The van der Waals surface area contributed by atoms with E-state index in [0.717, 1.165) is 42.8 Å². The number of aliphatic carboxylic acids is 1. The number of benzene rings is 4. The molecule has 54 heavy (non-hydrogen) atoms. The highest BCUT2D eigenvalue weighted by molar-refractivity contribution is 6.99. The van der Waals surface area contributed by atoms with Crippen LogP contribution < -0.4 is 25.7 Å². The molecule has 0 radical (unpaired) electrons. The van der Waals surface area contributed by atoms with E-state index >= 15 is 0 Å². The van der Waals surface area contributed by atoms with Crippen LogP contribution in [0, 0.1) is 11.8 Å². The first-order valence-corrected chi connectivity index (χ1v) is 21.5. The second kappa shape index (κ2) is 15.0. The van der Waals surface area contributed by atoms with Gasteiger partial charge in [-0.1, -0.05) is 111 Å². The summed E-state index contributed by atoms with van der Waals surface area (Å²) in [4.78, 5) is 14.7. The van der Waals surface area contributed by atoms with Crippen molar-refractivity contribution in [1.29, 1.82) is 0 Å². The van der Waals surface area contributed by atoms with E-state index in [1.807, 2.05) is 12.1 Å². The van der Waals surface area contributed by atoms with Crippen LogP contribution in [-0.2, 0) is 26.7 Å². The monoisotopic (exact) mass is 764 g/mol. The summed E-state index contributed by atoms with van der Waals surface area (Å²) in [6.07, 6.45) is 6.77. The van der Waals surface area contributed by atoms with E-state index in [1.165, 1.54) is 21.5 Å². The zero-order valence-electron chi connectivity index (χ0n) is 31.6. The minimum atomic E-state index is -2.86. The Labute approximate surface area is 325 Å². The summed E-state index contributed by atoms with van der Waals surface area (Å²) in [6.45, 7) is 12.7. The van der Waals surface area contributed by atoms with Crippen LogP contribution in [-0.4, -0.2) is 56.8 Å². The van der Waals surface area contributed by atoms with Crippen molar-refractivity contribution in [2.45, 2.75) is 75.0 Å². The zero-order chi connectivity index (χ0) is 38.3. The van der Waals surface area contributed by atoms with Crippen molar-refractivity contribution in [2.24, 2.45) is 17.6 Å². The van der Waals surface area contributed by atoms with Gasteiger partial charge in [-0.3, -0.25) is 0 Å². The highest BCUT2D eigenvalue weighted by atomic mass is 35.5. The van der Waals surface area contributed by atoms with E-state index in [2.05, 4.69) is 105 Å². The van der Waals surface area contributed by atoms with E-state index in [4.69, 9.17) is 26.5 Å². The highest BCUT2D eigenvalue weighted by Gasteiger charge is 2.53. The third-order valence-electron chi connectivity index (χ3n) is 12.5. The standard InChI is InChI=1S/C45H53ClN2O5Si/c1-5-40(53-54(43(2,3)4,35-14-8-6-9-15-35)36-16-10-7-11-17-36)37-21-18-32(37)27-48-29-44(24-12-13-31-25-34(46)20-22-38(31)44)30-52-41-23-19-33(26-39(41)48)45(51,28-47)42(49)50/h5-11,14-17,19-20,22-23,25-26,32,37,40,51H,1,12-13,18,21,24,27-30,47H2,2-4H3,(H,49,50)/t32-,37+,40-,44-,45?/m0/s1. The van der Waals surface area contributed by atoms with Crippen LogP contribution in [0.25, 0.3) is 0 Å². The normalized spacial score (nSPS) is 22.8. The lowest BCUT2D eigenvalue weighted by molar-refractivity contribution is -0.158. The second-order valence-corrected chi connectivity index (χ2v) is 21.3. The Bertz CT molecular complexity index is 1950. The van der Waals surface area contributed by atoms with E-state index in [9.17, 15) is 15.0 Å². The van der Waals surface area contributed by atoms with Gasteiger partial charge in [-0.2, -0.15) is 0 Å². The van der Waals surface area contributed by atoms with Crippen molar-refractivity contribution in [3.63, 3.8) is 0 Å². The molecule has 1 aliphatic heterocycles. The number of hydrogen-bond donors (Lipinski definition) is 3. The average Bonchev–Trinajstić information content (AvgIpc) is 3.31. The predicted molar refractivity (Wildman–Crippen MR) is 220 cm³/mol. The van der Waals surface area contributed by atoms with Crippen LogP contribution in [0.1, 0.15) is 63.1 Å². The minimum Gasteiger partial charge on any atom is -0.490 e. The van der Waals surface area contributed by atoms with E-state index in [0.29, 0.717) is 25.4 Å². The van der Waals surface area contributed by atoms with Gasteiger partial charge in [0.1, 0.15) is 5.75 Å². The van der Waals surface area contributed by atoms with Crippen LogP contribution >= 0.6 is 11.6 Å². The van der Waals surface area contributed by atoms with Crippen molar-refractivity contribution in [3.8, 4) is 5.75 Å². The molecule has 2 aliphatic carbocycles. The molecule has 7 rings (SSSR count). The average molecular weight is 765 g/mol. The molecule has 284 valence electrons. The zero-order valence-corrected chi connectivity index (χ0v) is 33.4. The molecule has 4 aromatic carbocycles. The van der Waals surface area contributed by atoms with Gasteiger partial charge < -0.3 is 30.0 Å². The molecule has 0 amide bonds. The first-order valence-electron chi connectivity index (χ1n) is 19.2. The molecular weight excluding hydrogens is 712 g/mol. The number of fused-ring (bicyclic) bond motifs is 3. The largest absolute Gasteiger partial charge is 0.490 e. The molecule has 3 aliphatic rings. The first kappa shape index (κ1) is 38.4. The highest BCUT2D eigenvalue weighted by Crippen LogP contribution is 2.48. The van der Waals surface area contributed by atoms with Crippen LogP contribution in [0.4, 0.5) is 5.69 Å². The van der Waals surface area contributed by atoms with Gasteiger partial charge in [0.05, 0.1) is 18.4 Å². The maximum atomic E-state index is 12.3. The Kier molecular flexibility index (Phi) is 10.6. The number of ether oxygens (including phenoxy) is 1. The van der Waals surface area contributed by atoms with Crippen LogP contribution in [0.3, 0.4) is 0 Å². The Morgan fingerprint density at radius 1 is 1.06 bits per heavy atom. The predicted octanol–water partition coefficient (Wildman–Crippen LogP) is 7.20. The van der Waals surface area contributed by atoms with E-state index in [1.54, 1.807) is 18.2 Å². The number of carbonyl (C=O) groups is 1. The molecule has 9 heteroatoms. The Balaban J connectivity index is 1.27. The van der Waals surface area contributed by atoms with Gasteiger partial charge in [-0.05, 0) is 100 Å². The lowest BCUT2D eigenvalue weighted by Crippen LogP contribution is -2.68. The third kappa shape index (κ3) is 6.70. The number of carboxylic acids is 1. The molecule has 0 aromatic heterocycles. The van der Waals surface area contributed by atoms with Gasteiger partial charge >= 0.3 is 5.97 Å². The number of hydrogen-bond acceptors (Lipinski definition) is 6. The van der Waals surface area contributed by atoms with Crippen LogP contribution in [0.15, 0.2) is 110 Å². The molecular formula is C45H53ClN2O5Si. The summed E-state index contributed by atoms with van der Waals surface area (Å²) < 4.78 is 14.3. The smallest absolute Gasteiger partial charge is 0.341 e. The molecule has 4 N–H and O–H groups in total. The number of nitrogens with two attached hydrogens (primary N) is 1. The van der Waals surface area contributed by atoms with Crippen LogP contribution in [0.2, 0.25) is 10.1 Å². The number of aliphatic hydroxyl groups is 1. The van der Waals surface area contributed by atoms with Gasteiger partial charge in [-0.15, -0.1) is 6.58 Å². The molecule has 0 saturated heterocycles. The van der Waals surface area contributed by atoms with Gasteiger partial charge in [0.25, 0.3) is 8.32 Å². The Morgan fingerprint density at radius 2 is 1.74 bits per heavy atom. The SMILES string of the molecule is C=C[C@H](O[Si](c1ccccc1)(c1ccccc1)C(C)(C)C)[C@@H]1CC[C@H]1CN1C[C@@]2(CCCc3cc(Cl)ccc32)COc2ccc(C(O)(CN)C(=O)O)cc21. The third-order valence-corrected chi connectivity index (χ3v) is 17.7. The molecule has 1 heterocycles. The fraction of sp³-hybridized carbons (Fsp3) is 0.400. The van der Waals surface area contributed by atoms with Crippen molar-refractivity contribution >= 4 is 41.9 Å². The maximum absolute atomic E-state index is 12.3. The number of carboxylic acid groups (broad SMARTS) is 1. The summed E-state index contributed by atoms with van der Waals surface area (Å²) in [7, 11) is -2.86. The number of aryl methyl sites for hydroxylation is 1. The quantitative estimate of drug-likeness (QED) is 0.110. The Morgan fingerprint density at radius 3 is 2.31 bits per heavy atom. The summed E-state index contributed by atoms with van der Waals surface area (Å²) in [5, 5.41) is 24.3. The van der Waals surface area contributed by atoms with Gasteiger partial charge in [0, 0.05) is 30.1 Å². The molecule has 1 spiro atoms. The fourth-order valence-electron chi connectivity index (χ4n) is 9.44. The van der Waals surface area contributed by atoms with Gasteiger partial charge in [0.15, 0.2) is 5.60 Å². The number of halogens is 1. The number of rotatable bonds is 11. The topological polar surface area (TPSA) is 105 Å². The number of anilines is 1. The lowest BCUT2D eigenvalue weighted by Gasteiger charge is -2.50. The summed E-state index contributed by atoms with van der Waals surface area (Å²) >= 11 is 6.50. The maximum Gasteiger partial charge on any atom is 0.341 e. The van der Waals surface area contributed by atoms with Crippen LogP contribution in [0.5, 0.6) is 5.75 Å². The second-order valence-electron chi connectivity index (χ2n) is 16.6. The molecule has 4 aromatic rings. The molecule has 7 nitrogen and oxygen atoms in total.